The Bertz CT molecular complexity index is 661. The summed E-state index contributed by atoms with van der Waals surface area (Å²) >= 11 is 0.663. The topological polar surface area (TPSA) is 172 Å². The minimum absolute atomic E-state index is 0.422. The second-order valence-electron chi connectivity index (χ2n) is 5.66. The van der Waals surface area contributed by atoms with Crippen molar-refractivity contribution in [1.82, 2.24) is 0 Å². The van der Waals surface area contributed by atoms with E-state index in [0.29, 0.717) is 11.8 Å². The zero-order chi connectivity index (χ0) is 21.6. The largest absolute Gasteiger partial charge is 0.472 e. The first-order valence-electron chi connectivity index (χ1n) is 7.84. The minimum Gasteiger partial charge on any atom is -0.463 e. The average molecular weight is 444 g/mol. The summed E-state index contributed by atoms with van der Waals surface area (Å²) in [5, 5.41) is -1.45. The summed E-state index contributed by atoms with van der Waals surface area (Å²) < 4.78 is 36.3. The van der Waals surface area contributed by atoms with Crippen LogP contribution in [0.1, 0.15) is 27.7 Å². The number of carbonyl (C=O) groups excluding carboxylic acids is 4. The van der Waals surface area contributed by atoms with Gasteiger partial charge in [0.2, 0.25) is 6.29 Å². The molecule has 28 heavy (non-hydrogen) atoms. The van der Waals surface area contributed by atoms with Crippen LogP contribution in [0.4, 0.5) is 0 Å². The molecule has 1 aliphatic rings. The van der Waals surface area contributed by atoms with E-state index in [-0.39, 0.29) is 0 Å². The van der Waals surface area contributed by atoms with Crippen molar-refractivity contribution in [2.75, 3.05) is 6.61 Å². The molecule has 1 heterocycles. The van der Waals surface area contributed by atoms with Crippen LogP contribution in [-0.4, -0.2) is 69.3 Å². The normalized spacial score (nSPS) is 27.6. The van der Waals surface area contributed by atoms with Crippen molar-refractivity contribution >= 4 is 42.6 Å². The van der Waals surface area contributed by atoms with Gasteiger partial charge in [0.25, 0.3) is 0 Å². The van der Waals surface area contributed by atoms with E-state index in [2.05, 4.69) is 4.52 Å². The van der Waals surface area contributed by atoms with Crippen molar-refractivity contribution < 1.29 is 57.0 Å². The Morgan fingerprint density at radius 3 is 1.93 bits per heavy atom. The predicted molar refractivity (Wildman–Crippen MR) is 91.6 cm³/mol. The lowest BCUT2D eigenvalue weighted by Crippen LogP contribution is -2.60. The first-order chi connectivity index (χ1) is 12.8. The molecular weight excluding hydrogens is 423 g/mol. The summed E-state index contributed by atoms with van der Waals surface area (Å²) in [7, 11) is -5.13. The van der Waals surface area contributed by atoms with Gasteiger partial charge in [-0.3, -0.25) is 23.7 Å². The van der Waals surface area contributed by atoms with Crippen molar-refractivity contribution in [2.24, 2.45) is 0 Å². The fourth-order valence-corrected chi connectivity index (χ4v) is 3.87. The van der Waals surface area contributed by atoms with Gasteiger partial charge >= 0.3 is 25.7 Å². The van der Waals surface area contributed by atoms with Crippen LogP contribution >= 0.6 is 19.6 Å². The number of hydrogen-bond acceptors (Lipinski definition) is 11. The average Bonchev–Trinajstić information content (AvgIpc) is 2.48. The summed E-state index contributed by atoms with van der Waals surface area (Å²) in [5.74, 6) is -2.39. The summed E-state index contributed by atoms with van der Waals surface area (Å²) in [6.45, 7) is 3.96. The second-order valence-corrected chi connectivity index (χ2v) is 8.21. The summed E-state index contributed by atoms with van der Waals surface area (Å²) in [4.78, 5) is 64.1. The Morgan fingerprint density at radius 2 is 1.50 bits per heavy atom. The SMILES string of the molecule is CC(=O)OC[C@H]1O[C@H](OP(=O)(O)O)[C@H](OC(C)=O)[C@@H](OC(C)=O)[C@H]1SC(C)=O. The number of hydrogen-bond donors (Lipinski definition) is 2. The quantitative estimate of drug-likeness (QED) is 0.303. The molecule has 160 valence electrons. The Labute approximate surface area is 164 Å². The van der Waals surface area contributed by atoms with Crippen molar-refractivity contribution in [3.8, 4) is 0 Å². The monoisotopic (exact) mass is 444 g/mol. The Morgan fingerprint density at radius 1 is 0.964 bits per heavy atom. The first kappa shape index (κ1) is 24.5. The number of phosphoric ester groups is 1. The third-order valence-corrected chi connectivity index (χ3v) is 4.85. The van der Waals surface area contributed by atoms with E-state index in [9.17, 15) is 23.7 Å². The van der Waals surface area contributed by atoms with Crippen LogP contribution in [0, 0.1) is 0 Å². The lowest BCUT2D eigenvalue weighted by molar-refractivity contribution is -0.255. The van der Waals surface area contributed by atoms with E-state index in [1.54, 1.807) is 0 Å². The fourth-order valence-electron chi connectivity index (χ4n) is 2.41. The van der Waals surface area contributed by atoms with E-state index < -0.39 is 67.3 Å². The zero-order valence-electron chi connectivity index (χ0n) is 15.4. The molecule has 0 bridgehead atoms. The fraction of sp³-hybridized carbons (Fsp3) is 0.714. The molecule has 5 atom stereocenters. The van der Waals surface area contributed by atoms with Gasteiger partial charge in [0, 0.05) is 27.7 Å². The number of esters is 3. The zero-order valence-corrected chi connectivity index (χ0v) is 17.1. The molecule has 0 aromatic rings. The number of phosphoric acid groups is 1. The maximum absolute atomic E-state index is 11.7. The molecule has 12 nitrogen and oxygen atoms in total. The molecule has 0 aromatic heterocycles. The van der Waals surface area contributed by atoms with Gasteiger partial charge < -0.3 is 28.7 Å². The Balaban J connectivity index is 3.34. The Hall–Kier alpha value is -1.50. The molecule has 0 aromatic carbocycles. The highest BCUT2D eigenvalue weighted by Gasteiger charge is 2.53. The van der Waals surface area contributed by atoms with Gasteiger partial charge in [0.05, 0.1) is 5.25 Å². The number of carbonyl (C=O) groups is 4. The van der Waals surface area contributed by atoms with Crippen molar-refractivity contribution in [2.45, 2.75) is 57.5 Å². The molecule has 1 saturated heterocycles. The van der Waals surface area contributed by atoms with Crippen LogP contribution in [0.25, 0.3) is 0 Å². The van der Waals surface area contributed by atoms with E-state index >= 15 is 0 Å². The number of rotatable bonds is 7. The molecule has 0 amide bonds. The van der Waals surface area contributed by atoms with Crippen LogP contribution in [0.15, 0.2) is 0 Å². The third-order valence-electron chi connectivity index (χ3n) is 3.19. The second kappa shape index (κ2) is 10.3. The molecule has 1 fully saturated rings. The number of ether oxygens (including phenoxy) is 4. The maximum atomic E-state index is 11.7. The van der Waals surface area contributed by atoms with E-state index in [0.717, 1.165) is 20.8 Å². The van der Waals surface area contributed by atoms with E-state index in [4.69, 9.17) is 28.7 Å². The summed E-state index contributed by atoms with van der Waals surface area (Å²) in [5.41, 5.74) is 0. The molecule has 14 heteroatoms. The van der Waals surface area contributed by atoms with Gasteiger partial charge in [-0.2, -0.15) is 0 Å². The molecule has 2 N–H and O–H groups in total. The Kier molecular flexibility index (Phi) is 9.05. The van der Waals surface area contributed by atoms with Gasteiger partial charge in [-0.05, 0) is 0 Å². The molecule has 0 saturated carbocycles. The highest BCUT2D eigenvalue weighted by Crippen LogP contribution is 2.43. The molecule has 0 unspecified atom stereocenters. The van der Waals surface area contributed by atoms with E-state index in [1.165, 1.54) is 6.92 Å². The highest BCUT2D eigenvalue weighted by atomic mass is 32.2. The van der Waals surface area contributed by atoms with Crippen molar-refractivity contribution in [1.29, 1.82) is 0 Å². The number of thioether (sulfide) groups is 1. The minimum atomic E-state index is -5.13. The molecule has 0 spiro atoms. The molecule has 0 radical (unpaired) electrons. The van der Waals surface area contributed by atoms with Gasteiger partial charge in [-0.25, -0.2) is 4.57 Å². The van der Waals surface area contributed by atoms with Crippen LogP contribution in [0.2, 0.25) is 0 Å². The van der Waals surface area contributed by atoms with Crippen LogP contribution in [0.3, 0.4) is 0 Å². The van der Waals surface area contributed by atoms with Gasteiger partial charge in [-0.15, -0.1) is 0 Å². The maximum Gasteiger partial charge on any atom is 0.472 e. The van der Waals surface area contributed by atoms with Crippen LogP contribution in [0.5, 0.6) is 0 Å². The lowest BCUT2D eigenvalue weighted by Gasteiger charge is -2.44. The molecule has 0 aliphatic carbocycles. The predicted octanol–water partition coefficient (Wildman–Crippen LogP) is -0.105. The standard InChI is InChI=1S/C14H21O12PS/c1-6(15)22-5-10-13(28-9(4)18)11(23-7(2)16)12(24-8(3)17)14(25-10)26-27(19,20)21/h10-14H,5H2,1-4H3,(H2,19,20,21)/t10-,11-,12-,13+,14-/m1/s1. The first-order valence-corrected chi connectivity index (χ1v) is 10.3. The summed E-state index contributed by atoms with van der Waals surface area (Å²) in [6.07, 6.45) is -6.02. The van der Waals surface area contributed by atoms with Gasteiger partial charge in [0.15, 0.2) is 17.3 Å². The van der Waals surface area contributed by atoms with Crippen molar-refractivity contribution in [3.05, 3.63) is 0 Å². The molecule has 1 rings (SSSR count). The molecule has 1 aliphatic heterocycles. The highest BCUT2D eigenvalue weighted by molar-refractivity contribution is 8.14. The van der Waals surface area contributed by atoms with Crippen LogP contribution in [-0.2, 0) is 47.2 Å². The van der Waals surface area contributed by atoms with Crippen LogP contribution < -0.4 is 0 Å². The lowest BCUT2D eigenvalue weighted by atomic mass is 10.0. The van der Waals surface area contributed by atoms with E-state index in [1.807, 2.05) is 0 Å². The van der Waals surface area contributed by atoms with Gasteiger partial charge in [-0.1, -0.05) is 11.8 Å². The third kappa shape index (κ3) is 8.25. The van der Waals surface area contributed by atoms with Gasteiger partial charge in [0.1, 0.15) is 12.7 Å². The van der Waals surface area contributed by atoms with Crippen molar-refractivity contribution in [3.63, 3.8) is 0 Å². The molecular formula is C14H21O12PS. The summed E-state index contributed by atoms with van der Waals surface area (Å²) in [6, 6.07) is 0. The smallest absolute Gasteiger partial charge is 0.463 e.